The third-order valence-corrected chi connectivity index (χ3v) is 4.38. The van der Waals surface area contributed by atoms with Crippen LogP contribution in [-0.4, -0.2) is 35.0 Å². The lowest BCUT2D eigenvalue weighted by molar-refractivity contribution is 0.274. The summed E-state index contributed by atoms with van der Waals surface area (Å²) in [5.41, 5.74) is 0. The fraction of sp³-hybridized carbons (Fsp3) is 0.526. The van der Waals surface area contributed by atoms with Crippen LogP contribution in [0.3, 0.4) is 0 Å². The van der Waals surface area contributed by atoms with Crippen molar-refractivity contribution in [2.24, 2.45) is 0 Å². The molecule has 2 rings (SSSR count). The van der Waals surface area contributed by atoms with Crippen LogP contribution < -0.4 is 9.47 Å². The van der Waals surface area contributed by atoms with Crippen LogP contribution in [0, 0.1) is 0 Å². The maximum atomic E-state index is 9.01. The van der Waals surface area contributed by atoms with Gasteiger partial charge in [0.25, 0.3) is 0 Å². The van der Waals surface area contributed by atoms with Crippen molar-refractivity contribution in [1.29, 1.82) is 0 Å². The van der Waals surface area contributed by atoms with E-state index in [2.05, 4.69) is 4.98 Å². The molecule has 0 fully saturated rings. The highest BCUT2D eigenvalue weighted by molar-refractivity contribution is 6.32. The fourth-order valence-corrected chi connectivity index (χ4v) is 2.93. The van der Waals surface area contributed by atoms with Crippen LogP contribution in [-0.2, 0) is 13.0 Å². The van der Waals surface area contributed by atoms with Crippen molar-refractivity contribution in [1.82, 2.24) is 9.55 Å². The van der Waals surface area contributed by atoms with Crippen LogP contribution in [0.25, 0.3) is 0 Å². The number of ether oxygens (including phenoxy) is 2. The highest BCUT2D eigenvalue weighted by atomic mass is 35.5. The van der Waals surface area contributed by atoms with Gasteiger partial charge in [0.15, 0.2) is 0 Å². The van der Waals surface area contributed by atoms with Gasteiger partial charge >= 0.3 is 0 Å². The molecule has 2 aromatic rings. The van der Waals surface area contributed by atoms with Crippen LogP contribution in [0.15, 0.2) is 30.6 Å². The molecular weight excluding hydrogens is 340 g/mol. The number of hydrogen-bond acceptors (Lipinski definition) is 4. The minimum absolute atomic E-state index is 0.154. The minimum Gasteiger partial charge on any atom is -0.497 e. The first-order valence-electron chi connectivity index (χ1n) is 8.82. The largest absolute Gasteiger partial charge is 0.497 e. The van der Waals surface area contributed by atoms with Gasteiger partial charge in [0.2, 0.25) is 0 Å². The van der Waals surface area contributed by atoms with E-state index in [9.17, 15) is 0 Å². The minimum atomic E-state index is 0.154. The first kappa shape index (κ1) is 19.6. The molecule has 1 N–H and O–H groups in total. The maximum Gasteiger partial charge on any atom is 0.138 e. The lowest BCUT2D eigenvalue weighted by Crippen LogP contribution is -2.06. The smallest absolute Gasteiger partial charge is 0.138 e. The Morgan fingerprint density at radius 2 is 1.96 bits per heavy atom. The highest BCUT2D eigenvalue weighted by Crippen LogP contribution is 2.28. The number of aryl methyl sites for hydroxylation is 1. The van der Waals surface area contributed by atoms with E-state index in [0.29, 0.717) is 23.9 Å². The van der Waals surface area contributed by atoms with E-state index in [1.807, 2.05) is 22.9 Å². The number of aliphatic hydroxyl groups is 1. The number of nitrogens with zero attached hydrogens (tertiary/aromatic N) is 2. The Labute approximate surface area is 154 Å². The van der Waals surface area contributed by atoms with E-state index in [-0.39, 0.29) is 6.61 Å². The monoisotopic (exact) mass is 366 g/mol. The number of benzene rings is 1. The van der Waals surface area contributed by atoms with Gasteiger partial charge in [-0.2, -0.15) is 0 Å². The zero-order valence-electron chi connectivity index (χ0n) is 14.8. The first-order chi connectivity index (χ1) is 12.2. The summed E-state index contributed by atoms with van der Waals surface area (Å²) in [6.45, 7) is 1.45. The van der Waals surface area contributed by atoms with Gasteiger partial charge in [-0.25, -0.2) is 4.98 Å². The Morgan fingerprint density at radius 1 is 1.16 bits per heavy atom. The van der Waals surface area contributed by atoms with Crippen LogP contribution in [0.1, 0.15) is 37.9 Å². The van der Waals surface area contributed by atoms with Gasteiger partial charge in [-0.1, -0.05) is 30.9 Å². The fourth-order valence-electron chi connectivity index (χ4n) is 2.70. The van der Waals surface area contributed by atoms with Crippen molar-refractivity contribution >= 4 is 11.6 Å². The molecule has 1 aromatic heterocycles. The predicted octanol–water partition coefficient (Wildman–Crippen LogP) is 4.11. The van der Waals surface area contributed by atoms with Crippen molar-refractivity contribution in [3.63, 3.8) is 0 Å². The summed E-state index contributed by atoms with van der Waals surface area (Å²) < 4.78 is 12.9. The average Bonchev–Trinajstić information content (AvgIpc) is 3.06. The van der Waals surface area contributed by atoms with Gasteiger partial charge in [-0.3, -0.25) is 0 Å². The van der Waals surface area contributed by atoms with Crippen molar-refractivity contribution in [2.45, 2.75) is 45.1 Å². The first-order valence-corrected chi connectivity index (χ1v) is 9.19. The molecule has 0 unspecified atom stereocenters. The second-order valence-electron chi connectivity index (χ2n) is 5.92. The molecule has 1 heterocycles. The van der Waals surface area contributed by atoms with Crippen molar-refractivity contribution < 1.29 is 14.6 Å². The van der Waals surface area contributed by atoms with Gasteiger partial charge in [0, 0.05) is 31.4 Å². The topological polar surface area (TPSA) is 56.5 Å². The van der Waals surface area contributed by atoms with Crippen LogP contribution in [0.4, 0.5) is 0 Å². The van der Waals surface area contributed by atoms with E-state index in [1.165, 1.54) is 12.8 Å². The molecule has 6 heteroatoms. The van der Waals surface area contributed by atoms with E-state index in [1.54, 1.807) is 19.4 Å². The quantitative estimate of drug-likeness (QED) is 0.574. The molecule has 0 saturated carbocycles. The molecule has 5 nitrogen and oxygen atoms in total. The van der Waals surface area contributed by atoms with Crippen molar-refractivity contribution in [2.75, 3.05) is 20.3 Å². The molecule has 0 spiro atoms. The number of rotatable bonds is 12. The molecule has 0 aliphatic carbocycles. The number of aliphatic hydroxyl groups excluding tert-OH is 1. The summed E-state index contributed by atoms with van der Waals surface area (Å²) in [6.07, 6.45) is 10.3. The molecular formula is C19H27ClN2O3. The van der Waals surface area contributed by atoms with E-state index in [0.717, 1.165) is 37.3 Å². The second kappa shape index (κ2) is 11.0. The van der Waals surface area contributed by atoms with Crippen LogP contribution >= 0.6 is 11.6 Å². The lowest BCUT2D eigenvalue weighted by Gasteiger charge is -2.09. The molecule has 0 amide bonds. The predicted molar refractivity (Wildman–Crippen MR) is 99.6 cm³/mol. The molecule has 25 heavy (non-hydrogen) atoms. The molecule has 0 bridgehead atoms. The van der Waals surface area contributed by atoms with Gasteiger partial charge in [-0.05, 0) is 25.0 Å². The number of aromatic nitrogens is 2. The average molecular weight is 367 g/mol. The zero-order valence-corrected chi connectivity index (χ0v) is 15.5. The number of hydrogen-bond donors (Lipinski definition) is 1. The Kier molecular flexibility index (Phi) is 8.63. The summed E-state index contributed by atoms with van der Waals surface area (Å²) >= 11 is 6.14. The summed E-state index contributed by atoms with van der Waals surface area (Å²) in [5.74, 6) is 2.50. The SMILES string of the molecule is COc1ccc(OCCCCCCCc2nccn2CCO)c(Cl)c1. The van der Waals surface area contributed by atoms with Gasteiger partial charge in [0.05, 0.1) is 25.3 Å². The Hall–Kier alpha value is -1.72. The van der Waals surface area contributed by atoms with Crippen LogP contribution in [0.5, 0.6) is 11.5 Å². The Morgan fingerprint density at radius 3 is 2.72 bits per heavy atom. The number of imidazole rings is 1. The molecule has 0 aliphatic rings. The van der Waals surface area contributed by atoms with Crippen molar-refractivity contribution in [3.05, 3.63) is 41.4 Å². The number of methoxy groups -OCH3 is 1. The molecule has 0 aliphatic heterocycles. The maximum absolute atomic E-state index is 9.01. The third kappa shape index (κ3) is 6.59. The highest BCUT2D eigenvalue weighted by Gasteiger charge is 2.04. The summed E-state index contributed by atoms with van der Waals surface area (Å²) in [7, 11) is 1.62. The van der Waals surface area contributed by atoms with Crippen LogP contribution in [0.2, 0.25) is 5.02 Å². The second-order valence-corrected chi connectivity index (χ2v) is 6.33. The van der Waals surface area contributed by atoms with E-state index < -0.39 is 0 Å². The number of unbranched alkanes of at least 4 members (excludes halogenated alkanes) is 4. The summed E-state index contributed by atoms with van der Waals surface area (Å²) in [4.78, 5) is 4.35. The Bertz CT molecular complexity index is 631. The summed E-state index contributed by atoms with van der Waals surface area (Å²) in [6, 6.07) is 5.45. The van der Waals surface area contributed by atoms with E-state index >= 15 is 0 Å². The van der Waals surface area contributed by atoms with Gasteiger partial charge < -0.3 is 19.1 Å². The molecule has 138 valence electrons. The normalized spacial score (nSPS) is 10.8. The van der Waals surface area contributed by atoms with Gasteiger partial charge in [0.1, 0.15) is 17.3 Å². The third-order valence-electron chi connectivity index (χ3n) is 4.08. The zero-order chi connectivity index (χ0) is 17.9. The molecule has 0 saturated heterocycles. The van der Waals surface area contributed by atoms with E-state index in [4.69, 9.17) is 26.2 Å². The molecule has 0 radical (unpaired) electrons. The van der Waals surface area contributed by atoms with Crippen molar-refractivity contribution in [3.8, 4) is 11.5 Å². The lowest BCUT2D eigenvalue weighted by atomic mass is 10.1. The van der Waals surface area contributed by atoms with Gasteiger partial charge in [-0.15, -0.1) is 0 Å². The molecule has 0 atom stereocenters. The summed E-state index contributed by atoms with van der Waals surface area (Å²) in [5, 5.41) is 9.59. The Balaban J connectivity index is 1.54. The molecule has 1 aromatic carbocycles. The number of halogens is 1. The standard InChI is InChI=1S/C19H27ClN2O3/c1-24-16-8-9-18(17(20)15-16)25-14-6-4-2-3-5-7-19-21-10-11-22(19)12-13-23/h8-11,15,23H,2-7,12-14H2,1H3.